The molecule has 0 fully saturated rings. The number of hydrogen-bond donors (Lipinski definition) is 1. The Morgan fingerprint density at radius 1 is 1.06 bits per heavy atom. The highest BCUT2D eigenvalue weighted by molar-refractivity contribution is 7.92. The van der Waals surface area contributed by atoms with Gasteiger partial charge in [0.2, 0.25) is 15.9 Å². The van der Waals surface area contributed by atoms with Crippen LogP contribution >= 0.6 is 0 Å². The van der Waals surface area contributed by atoms with E-state index in [-0.39, 0.29) is 30.1 Å². The van der Waals surface area contributed by atoms with Crippen molar-refractivity contribution in [3.63, 3.8) is 0 Å². The van der Waals surface area contributed by atoms with Crippen molar-refractivity contribution in [1.82, 2.24) is 9.36 Å². The molecule has 0 spiro atoms. The fourth-order valence-electron chi connectivity index (χ4n) is 3.57. The van der Waals surface area contributed by atoms with Gasteiger partial charge in [0.25, 0.3) is 5.56 Å². The Bertz CT molecular complexity index is 1280. The van der Waals surface area contributed by atoms with E-state index < -0.39 is 10.0 Å². The summed E-state index contributed by atoms with van der Waals surface area (Å²) in [7, 11) is -1.74. The van der Waals surface area contributed by atoms with Crippen LogP contribution in [0.4, 0.5) is 11.4 Å². The Morgan fingerprint density at radius 3 is 2.38 bits per heavy atom. The van der Waals surface area contributed by atoms with Gasteiger partial charge < -0.3 is 5.32 Å². The predicted octanol–water partition coefficient (Wildman–Crippen LogP) is 2.98. The smallest absolute Gasteiger partial charge is 0.295 e. The molecule has 0 aliphatic heterocycles. The van der Waals surface area contributed by atoms with E-state index in [1.165, 1.54) is 8.99 Å². The standard InChI is InChI=1S/C23H28N4O4S/c1-17-10-8-13-20(16-17)26(32(4,30)31)15-9-14-21(28)24-22-18(2)25(3)27(23(22)29)19-11-6-5-7-12-19/h5-8,10-13,16H,9,14-15H2,1-4H3,(H,24,28). The molecule has 0 bridgehead atoms. The molecule has 1 heterocycles. The number of amides is 1. The third-order valence-corrected chi connectivity index (χ3v) is 6.47. The van der Waals surface area contributed by atoms with Gasteiger partial charge in [0.1, 0.15) is 5.69 Å². The summed E-state index contributed by atoms with van der Waals surface area (Å²) >= 11 is 0. The summed E-state index contributed by atoms with van der Waals surface area (Å²) in [6.07, 6.45) is 1.54. The van der Waals surface area contributed by atoms with Crippen LogP contribution in [0.5, 0.6) is 0 Å². The van der Waals surface area contributed by atoms with Gasteiger partial charge in [0, 0.05) is 20.0 Å². The molecule has 0 aliphatic rings. The number of sulfonamides is 1. The maximum absolute atomic E-state index is 12.9. The van der Waals surface area contributed by atoms with E-state index >= 15 is 0 Å². The van der Waals surface area contributed by atoms with Crippen LogP contribution in [-0.2, 0) is 21.9 Å². The van der Waals surface area contributed by atoms with E-state index in [4.69, 9.17) is 0 Å². The maximum atomic E-state index is 12.9. The minimum atomic E-state index is -3.49. The summed E-state index contributed by atoms with van der Waals surface area (Å²) in [6.45, 7) is 3.82. The van der Waals surface area contributed by atoms with Crippen molar-refractivity contribution in [2.45, 2.75) is 26.7 Å². The van der Waals surface area contributed by atoms with Crippen LogP contribution in [0.1, 0.15) is 24.1 Å². The fourth-order valence-corrected chi connectivity index (χ4v) is 4.52. The van der Waals surface area contributed by atoms with E-state index in [1.54, 1.807) is 36.9 Å². The number of nitrogens with zero attached hydrogens (tertiary/aromatic N) is 3. The van der Waals surface area contributed by atoms with Crippen molar-refractivity contribution < 1.29 is 13.2 Å². The molecule has 1 amide bonds. The van der Waals surface area contributed by atoms with Crippen LogP contribution in [0.15, 0.2) is 59.4 Å². The van der Waals surface area contributed by atoms with Crippen molar-refractivity contribution in [2.75, 3.05) is 22.4 Å². The van der Waals surface area contributed by atoms with E-state index in [0.717, 1.165) is 11.8 Å². The number of anilines is 2. The van der Waals surface area contributed by atoms with Crippen molar-refractivity contribution in [3.8, 4) is 5.69 Å². The number of carbonyl (C=O) groups excluding carboxylic acids is 1. The molecule has 1 N–H and O–H groups in total. The Hall–Kier alpha value is -3.33. The molecule has 32 heavy (non-hydrogen) atoms. The number of carbonyl (C=O) groups is 1. The van der Waals surface area contributed by atoms with Crippen molar-refractivity contribution >= 4 is 27.3 Å². The molecule has 9 heteroatoms. The highest BCUT2D eigenvalue weighted by Gasteiger charge is 2.20. The summed E-state index contributed by atoms with van der Waals surface area (Å²) < 4.78 is 29.0. The molecule has 0 aliphatic carbocycles. The lowest BCUT2D eigenvalue weighted by Gasteiger charge is -2.22. The van der Waals surface area contributed by atoms with Gasteiger partial charge in [-0.05, 0) is 50.1 Å². The molecule has 170 valence electrons. The lowest BCUT2D eigenvalue weighted by molar-refractivity contribution is -0.116. The molecule has 0 saturated carbocycles. The summed E-state index contributed by atoms with van der Waals surface area (Å²) in [5.41, 5.74) is 2.75. The van der Waals surface area contributed by atoms with Gasteiger partial charge in [-0.2, -0.15) is 0 Å². The first-order valence-electron chi connectivity index (χ1n) is 10.3. The first-order valence-corrected chi connectivity index (χ1v) is 12.1. The topological polar surface area (TPSA) is 93.4 Å². The van der Waals surface area contributed by atoms with E-state index in [1.807, 2.05) is 43.3 Å². The molecule has 0 saturated heterocycles. The normalized spacial score (nSPS) is 11.4. The summed E-state index contributed by atoms with van der Waals surface area (Å²) in [5.74, 6) is -0.339. The molecule has 2 aromatic carbocycles. The second-order valence-electron chi connectivity index (χ2n) is 7.76. The van der Waals surface area contributed by atoms with Crippen LogP contribution in [0.2, 0.25) is 0 Å². The zero-order chi connectivity index (χ0) is 23.5. The molecule has 3 rings (SSSR count). The van der Waals surface area contributed by atoms with Gasteiger partial charge in [0.15, 0.2) is 0 Å². The highest BCUT2D eigenvalue weighted by atomic mass is 32.2. The van der Waals surface area contributed by atoms with Crippen LogP contribution in [0.3, 0.4) is 0 Å². The van der Waals surface area contributed by atoms with Crippen molar-refractivity contribution in [1.29, 1.82) is 0 Å². The molecule has 0 radical (unpaired) electrons. The first-order chi connectivity index (χ1) is 15.1. The SMILES string of the molecule is Cc1cccc(N(CCCC(=O)Nc2c(C)n(C)n(-c3ccccc3)c2=O)S(C)(=O)=O)c1. The van der Waals surface area contributed by atoms with E-state index in [9.17, 15) is 18.0 Å². The second kappa shape index (κ2) is 9.44. The largest absolute Gasteiger partial charge is 0.320 e. The summed E-state index contributed by atoms with van der Waals surface area (Å²) in [4.78, 5) is 25.5. The quantitative estimate of drug-likeness (QED) is 0.564. The number of aryl methyl sites for hydroxylation is 1. The molecule has 8 nitrogen and oxygen atoms in total. The van der Waals surface area contributed by atoms with Crippen LogP contribution in [0.25, 0.3) is 5.69 Å². The van der Waals surface area contributed by atoms with Crippen LogP contribution in [-0.4, -0.2) is 36.5 Å². The average molecular weight is 457 g/mol. The zero-order valence-corrected chi connectivity index (χ0v) is 19.5. The van der Waals surface area contributed by atoms with Gasteiger partial charge in [-0.25, -0.2) is 13.1 Å². The first kappa shape index (κ1) is 23.3. The highest BCUT2D eigenvalue weighted by Crippen LogP contribution is 2.20. The molecular formula is C23H28N4O4S. The number of hydrogen-bond acceptors (Lipinski definition) is 4. The third kappa shape index (κ3) is 5.11. The number of rotatable bonds is 8. The Labute approximate surface area is 188 Å². The van der Waals surface area contributed by atoms with Gasteiger partial charge >= 0.3 is 0 Å². The van der Waals surface area contributed by atoms with Crippen LogP contribution < -0.4 is 15.2 Å². The van der Waals surface area contributed by atoms with Crippen LogP contribution in [0, 0.1) is 13.8 Å². The Morgan fingerprint density at radius 2 is 1.75 bits per heavy atom. The maximum Gasteiger partial charge on any atom is 0.295 e. The average Bonchev–Trinajstić information content (AvgIpc) is 2.94. The van der Waals surface area contributed by atoms with Gasteiger partial charge in [-0.15, -0.1) is 0 Å². The molecule has 1 aromatic heterocycles. The molecule has 3 aromatic rings. The number of nitrogens with one attached hydrogen (secondary N) is 1. The number of aromatic nitrogens is 2. The molecular weight excluding hydrogens is 428 g/mol. The Balaban J connectivity index is 1.71. The van der Waals surface area contributed by atoms with Gasteiger partial charge in [-0.1, -0.05) is 30.3 Å². The van der Waals surface area contributed by atoms with E-state index in [2.05, 4.69) is 5.32 Å². The third-order valence-electron chi connectivity index (χ3n) is 5.27. The van der Waals surface area contributed by atoms with E-state index in [0.29, 0.717) is 23.5 Å². The van der Waals surface area contributed by atoms with Gasteiger partial charge in [0.05, 0.1) is 23.3 Å². The number of para-hydroxylation sites is 1. The monoisotopic (exact) mass is 456 g/mol. The summed E-state index contributed by atoms with van der Waals surface area (Å²) in [5, 5.41) is 2.71. The second-order valence-corrected chi connectivity index (χ2v) is 9.67. The lowest BCUT2D eigenvalue weighted by atomic mass is 10.2. The fraction of sp³-hybridized carbons (Fsp3) is 0.304. The van der Waals surface area contributed by atoms with Crippen molar-refractivity contribution in [3.05, 3.63) is 76.2 Å². The predicted molar refractivity (Wildman–Crippen MR) is 127 cm³/mol. The van der Waals surface area contributed by atoms with Crippen molar-refractivity contribution in [2.24, 2.45) is 7.05 Å². The minimum Gasteiger partial charge on any atom is -0.320 e. The lowest BCUT2D eigenvalue weighted by Crippen LogP contribution is -2.31. The minimum absolute atomic E-state index is 0.0803. The summed E-state index contributed by atoms with van der Waals surface area (Å²) in [6, 6.07) is 16.4. The molecule has 0 atom stereocenters. The molecule has 0 unspecified atom stereocenters. The Kier molecular flexibility index (Phi) is 6.88. The van der Waals surface area contributed by atoms with Gasteiger partial charge in [-0.3, -0.25) is 18.6 Å². The zero-order valence-electron chi connectivity index (χ0n) is 18.7. The number of benzene rings is 2.